The Kier molecular flexibility index (Phi) is 6.98. The van der Waals surface area contributed by atoms with Crippen LogP contribution in [0.3, 0.4) is 0 Å². The highest BCUT2D eigenvalue weighted by atomic mass is 32.2. The monoisotopic (exact) mass is 265 g/mol. The summed E-state index contributed by atoms with van der Waals surface area (Å²) in [6, 6.07) is 0. The molecule has 17 heavy (non-hydrogen) atoms. The van der Waals surface area contributed by atoms with Crippen LogP contribution >= 0.6 is 0 Å². The average Bonchev–Trinajstić information content (AvgIpc) is 2.30. The molecule has 1 aliphatic heterocycles. The molecule has 102 valence electrons. The summed E-state index contributed by atoms with van der Waals surface area (Å²) in [5.74, 6) is 0.637. The van der Waals surface area contributed by atoms with Crippen molar-refractivity contribution in [1.29, 1.82) is 0 Å². The fraction of sp³-hybridized carbons (Fsp3) is 1.00. The van der Waals surface area contributed by atoms with Gasteiger partial charge in [-0.2, -0.15) is 13.1 Å². The molecule has 1 saturated heterocycles. The van der Waals surface area contributed by atoms with Crippen molar-refractivity contribution in [3.63, 3.8) is 0 Å². The lowest BCUT2D eigenvalue weighted by Gasteiger charge is -2.22. The summed E-state index contributed by atoms with van der Waals surface area (Å²) in [6.07, 6.45) is 3.19. The molecule has 1 heterocycles. The van der Waals surface area contributed by atoms with Crippen LogP contribution < -0.4 is 14.8 Å². The standard InChI is InChI=1S/C10H23N3O3S/c1-16-9-8-13-17(14,15)12-7-4-10-2-5-11-6-3-10/h10-13H,2-9H2,1H3. The van der Waals surface area contributed by atoms with Gasteiger partial charge in [-0.1, -0.05) is 0 Å². The van der Waals surface area contributed by atoms with E-state index >= 15 is 0 Å². The van der Waals surface area contributed by atoms with Crippen molar-refractivity contribution in [3.8, 4) is 0 Å². The summed E-state index contributed by atoms with van der Waals surface area (Å²) in [7, 11) is -1.81. The summed E-state index contributed by atoms with van der Waals surface area (Å²) in [5, 5.41) is 3.29. The summed E-state index contributed by atoms with van der Waals surface area (Å²) in [4.78, 5) is 0. The van der Waals surface area contributed by atoms with Crippen molar-refractivity contribution in [3.05, 3.63) is 0 Å². The van der Waals surface area contributed by atoms with E-state index in [0.717, 1.165) is 32.4 Å². The Balaban J connectivity index is 2.11. The van der Waals surface area contributed by atoms with E-state index in [4.69, 9.17) is 4.74 Å². The van der Waals surface area contributed by atoms with E-state index in [1.165, 1.54) is 0 Å². The van der Waals surface area contributed by atoms with Crippen LogP contribution in [-0.2, 0) is 14.9 Å². The molecule has 0 amide bonds. The second-order valence-corrected chi connectivity index (χ2v) is 5.85. The molecule has 7 heteroatoms. The van der Waals surface area contributed by atoms with Gasteiger partial charge in [0.1, 0.15) is 0 Å². The Bertz CT molecular complexity index is 289. The Hall–Kier alpha value is -0.210. The first-order valence-corrected chi connectivity index (χ1v) is 7.56. The third-order valence-corrected chi connectivity index (χ3v) is 4.07. The third-order valence-electron chi connectivity index (χ3n) is 2.90. The van der Waals surface area contributed by atoms with Gasteiger partial charge in [0.2, 0.25) is 0 Å². The molecular formula is C10H23N3O3S. The maximum absolute atomic E-state index is 11.5. The molecule has 1 aliphatic rings. The largest absolute Gasteiger partial charge is 0.383 e. The lowest BCUT2D eigenvalue weighted by Crippen LogP contribution is -2.39. The number of hydrogen-bond acceptors (Lipinski definition) is 4. The van der Waals surface area contributed by atoms with Gasteiger partial charge >= 0.3 is 0 Å². The summed E-state index contributed by atoms with van der Waals surface area (Å²) >= 11 is 0. The van der Waals surface area contributed by atoms with Gasteiger partial charge in [0.05, 0.1) is 6.61 Å². The number of methoxy groups -OCH3 is 1. The van der Waals surface area contributed by atoms with Crippen molar-refractivity contribution in [2.45, 2.75) is 19.3 Å². The van der Waals surface area contributed by atoms with Crippen LogP contribution in [0.4, 0.5) is 0 Å². The van der Waals surface area contributed by atoms with E-state index in [2.05, 4.69) is 14.8 Å². The molecule has 0 spiro atoms. The van der Waals surface area contributed by atoms with Crippen LogP contribution in [0.5, 0.6) is 0 Å². The molecule has 0 saturated carbocycles. The van der Waals surface area contributed by atoms with Crippen molar-refractivity contribution in [2.24, 2.45) is 5.92 Å². The van der Waals surface area contributed by atoms with E-state index in [1.54, 1.807) is 7.11 Å². The molecule has 1 rings (SSSR count). The fourth-order valence-electron chi connectivity index (χ4n) is 1.90. The smallest absolute Gasteiger partial charge is 0.276 e. The van der Waals surface area contributed by atoms with Crippen LogP contribution in [0.15, 0.2) is 0 Å². The maximum Gasteiger partial charge on any atom is 0.276 e. The molecule has 0 aromatic rings. The summed E-state index contributed by atoms with van der Waals surface area (Å²) < 4.78 is 32.7. The van der Waals surface area contributed by atoms with Gasteiger partial charge in [-0.3, -0.25) is 0 Å². The highest BCUT2D eigenvalue weighted by molar-refractivity contribution is 7.87. The van der Waals surface area contributed by atoms with Crippen LogP contribution in [-0.4, -0.2) is 48.3 Å². The Morgan fingerprint density at radius 2 is 1.88 bits per heavy atom. The van der Waals surface area contributed by atoms with Crippen molar-refractivity contribution in [1.82, 2.24) is 14.8 Å². The van der Waals surface area contributed by atoms with Gasteiger partial charge in [0.25, 0.3) is 10.2 Å². The van der Waals surface area contributed by atoms with Crippen molar-refractivity contribution >= 4 is 10.2 Å². The molecule has 1 fully saturated rings. The average molecular weight is 265 g/mol. The lowest BCUT2D eigenvalue weighted by atomic mass is 9.95. The molecule has 0 radical (unpaired) electrons. The molecule has 3 N–H and O–H groups in total. The van der Waals surface area contributed by atoms with E-state index in [0.29, 0.717) is 25.6 Å². The molecule has 6 nitrogen and oxygen atoms in total. The molecule has 0 atom stereocenters. The van der Waals surface area contributed by atoms with Crippen molar-refractivity contribution < 1.29 is 13.2 Å². The van der Waals surface area contributed by atoms with Crippen LogP contribution in [0, 0.1) is 5.92 Å². The van der Waals surface area contributed by atoms with Crippen LogP contribution in [0.2, 0.25) is 0 Å². The van der Waals surface area contributed by atoms with E-state index < -0.39 is 10.2 Å². The molecule has 0 bridgehead atoms. The summed E-state index contributed by atoms with van der Waals surface area (Å²) in [5.41, 5.74) is 0. The second-order valence-electron chi connectivity index (χ2n) is 4.27. The minimum Gasteiger partial charge on any atom is -0.383 e. The predicted octanol–water partition coefficient (Wildman–Crippen LogP) is -0.553. The quantitative estimate of drug-likeness (QED) is 0.514. The highest BCUT2D eigenvalue weighted by Gasteiger charge is 2.14. The Morgan fingerprint density at radius 1 is 1.24 bits per heavy atom. The first-order chi connectivity index (χ1) is 8.14. The SMILES string of the molecule is COCCNS(=O)(=O)NCCC1CCNCC1. The zero-order valence-electron chi connectivity index (χ0n) is 10.4. The highest BCUT2D eigenvalue weighted by Crippen LogP contribution is 2.14. The molecular weight excluding hydrogens is 242 g/mol. The van der Waals surface area contributed by atoms with Gasteiger partial charge in [0.15, 0.2) is 0 Å². The van der Waals surface area contributed by atoms with Crippen LogP contribution in [0.25, 0.3) is 0 Å². The van der Waals surface area contributed by atoms with Gasteiger partial charge in [-0.25, -0.2) is 4.72 Å². The number of ether oxygens (including phenoxy) is 1. The van der Waals surface area contributed by atoms with Gasteiger partial charge < -0.3 is 10.1 Å². The predicted molar refractivity (Wildman–Crippen MR) is 67.0 cm³/mol. The third kappa shape index (κ3) is 6.95. The number of nitrogens with one attached hydrogen (secondary N) is 3. The molecule has 0 aromatic heterocycles. The topological polar surface area (TPSA) is 79.5 Å². The normalized spacial score (nSPS) is 18.4. The van der Waals surface area contributed by atoms with Gasteiger partial charge in [-0.15, -0.1) is 0 Å². The lowest BCUT2D eigenvalue weighted by molar-refractivity contribution is 0.204. The van der Waals surface area contributed by atoms with E-state index in [-0.39, 0.29) is 0 Å². The van der Waals surface area contributed by atoms with E-state index in [1.807, 2.05) is 0 Å². The van der Waals surface area contributed by atoms with Gasteiger partial charge in [-0.05, 0) is 38.3 Å². The molecule has 0 unspecified atom stereocenters. The zero-order chi connectivity index (χ0) is 12.6. The molecule has 0 aromatic carbocycles. The Morgan fingerprint density at radius 3 is 2.53 bits per heavy atom. The molecule has 0 aliphatic carbocycles. The van der Waals surface area contributed by atoms with Gasteiger partial charge in [0, 0.05) is 20.2 Å². The minimum absolute atomic E-state index is 0.305. The fourth-order valence-corrected chi connectivity index (χ4v) is 2.74. The zero-order valence-corrected chi connectivity index (χ0v) is 11.2. The maximum atomic E-state index is 11.5. The number of hydrogen-bond donors (Lipinski definition) is 3. The summed E-state index contributed by atoms with van der Waals surface area (Å²) in [6.45, 7) is 3.29. The first kappa shape index (κ1) is 14.8. The van der Waals surface area contributed by atoms with E-state index in [9.17, 15) is 8.42 Å². The second kappa shape index (κ2) is 7.99. The number of piperidine rings is 1. The number of rotatable bonds is 8. The first-order valence-electron chi connectivity index (χ1n) is 6.08. The van der Waals surface area contributed by atoms with Crippen LogP contribution in [0.1, 0.15) is 19.3 Å². The van der Waals surface area contributed by atoms with Crippen molar-refractivity contribution in [2.75, 3.05) is 39.9 Å². The minimum atomic E-state index is -3.35. The Labute approximate surface area is 104 Å².